The molecule has 0 aliphatic heterocycles. The fourth-order valence-corrected chi connectivity index (χ4v) is 1.07. The quantitative estimate of drug-likeness (QED) is 0.780. The van der Waals surface area contributed by atoms with Crippen LogP contribution in [0.5, 0.6) is 0 Å². The summed E-state index contributed by atoms with van der Waals surface area (Å²) in [6.07, 6.45) is 0. The van der Waals surface area contributed by atoms with Crippen LogP contribution in [-0.4, -0.2) is 18.1 Å². The minimum absolute atomic E-state index is 0. The van der Waals surface area contributed by atoms with E-state index in [0.29, 0.717) is 12.1 Å². The predicted octanol–water partition coefficient (Wildman–Crippen LogP) is 1.53. The average molecular weight is 202 g/mol. The van der Waals surface area contributed by atoms with Gasteiger partial charge in [-0.1, -0.05) is 18.2 Å². The number of hydrogen-bond donors (Lipinski definition) is 2. The fraction of sp³-hybridized carbons (Fsp3) is 0.222. The first-order chi connectivity index (χ1) is 5.75. The lowest BCUT2D eigenvalue weighted by Gasteiger charge is -2.03. The summed E-state index contributed by atoms with van der Waals surface area (Å²) in [5.41, 5.74) is 1.18. The lowest BCUT2D eigenvalue weighted by Crippen LogP contribution is -2.10. The predicted molar refractivity (Wildman–Crippen MR) is 53.4 cm³/mol. The molecule has 0 aliphatic carbocycles. The van der Waals surface area contributed by atoms with E-state index < -0.39 is 5.97 Å². The van der Waals surface area contributed by atoms with Gasteiger partial charge < -0.3 is 10.4 Å². The largest absolute Gasteiger partial charge is 0.478 e. The van der Waals surface area contributed by atoms with Gasteiger partial charge in [0.1, 0.15) is 0 Å². The first-order valence-corrected chi connectivity index (χ1v) is 3.71. The van der Waals surface area contributed by atoms with Crippen molar-refractivity contribution in [3.63, 3.8) is 0 Å². The second-order valence-electron chi connectivity index (χ2n) is 2.49. The number of carboxylic acids is 1. The van der Waals surface area contributed by atoms with Gasteiger partial charge in [0.25, 0.3) is 0 Å². The minimum Gasteiger partial charge on any atom is -0.478 e. The molecule has 0 saturated carbocycles. The van der Waals surface area contributed by atoms with E-state index >= 15 is 0 Å². The summed E-state index contributed by atoms with van der Waals surface area (Å²) in [7, 11) is 1.79. The van der Waals surface area contributed by atoms with Gasteiger partial charge in [-0.2, -0.15) is 0 Å². The molecule has 1 rings (SSSR count). The molecule has 0 radical (unpaired) electrons. The molecule has 0 amide bonds. The molecular weight excluding hydrogens is 190 g/mol. The van der Waals surface area contributed by atoms with E-state index in [1.54, 1.807) is 25.2 Å². The second-order valence-corrected chi connectivity index (χ2v) is 2.49. The van der Waals surface area contributed by atoms with Gasteiger partial charge in [0, 0.05) is 6.54 Å². The molecule has 1 aromatic rings. The molecule has 2 N–H and O–H groups in total. The summed E-state index contributed by atoms with van der Waals surface area (Å²) >= 11 is 0. The van der Waals surface area contributed by atoms with Gasteiger partial charge in [0.2, 0.25) is 0 Å². The SMILES string of the molecule is CNCc1ccccc1C(=O)O.Cl. The number of aromatic carboxylic acids is 1. The smallest absolute Gasteiger partial charge is 0.336 e. The summed E-state index contributed by atoms with van der Waals surface area (Å²) in [4.78, 5) is 10.7. The number of nitrogens with one attached hydrogen (secondary N) is 1. The Morgan fingerprint density at radius 2 is 2.08 bits per heavy atom. The van der Waals surface area contributed by atoms with E-state index in [9.17, 15) is 4.79 Å². The van der Waals surface area contributed by atoms with E-state index in [2.05, 4.69) is 5.32 Å². The maximum absolute atomic E-state index is 10.7. The van der Waals surface area contributed by atoms with Crippen LogP contribution in [-0.2, 0) is 6.54 Å². The molecule has 4 heteroatoms. The van der Waals surface area contributed by atoms with Gasteiger partial charge in [-0.15, -0.1) is 12.4 Å². The Labute approximate surface area is 83.2 Å². The van der Waals surface area contributed by atoms with E-state index in [1.165, 1.54) is 0 Å². The van der Waals surface area contributed by atoms with Crippen molar-refractivity contribution in [3.8, 4) is 0 Å². The Balaban J connectivity index is 0.00000144. The first kappa shape index (κ1) is 11.9. The molecule has 72 valence electrons. The summed E-state index contributed by atoms with van der Waals surface area (Å²) < 4.78 is 0. The van der Waals surface area contributed by atoms with Gasteiger partial charge in [0.15, 0.2) is 0 Å². The summed E-state index contributed by atoms with van der Waals surface area (Å²) in [5, 5.41) is 11.7. The van der Waals surface area contributed by atoms with Crippen molar-refractivity contribution in [2.45, 2.75) is 6.54 Å². The lowest BCUT2D eigenvalue weighted by atomic mass is 10.1. The fourth-order valence-electron chi connectivity index (χ4n) is 1.07. The number of carbonyl (C=O) groups is 1. The van der Waals surface area contributed by atoms with E-state index in [0.717, 1.165) is 5.56 Å². The Morgan fingerprint density at radius 1 is 1.46 bits per heavy atom. The molecule has 0 fully saturated rings. The van der Waals surface area contributed by atoms with E-state index in [4.69, 9.17) is 5.11 Å². The molecule has 3 nitrogen and oxygen atoms in total. The Kier molecular flexibility index (Phi) is 5.11. The van der Waals surface area contributed by atoms with Crippen LogP contribution in [0.1, 0.15) is 15.9 Å². The molecule has 0 unspecified atom stereocenters. The maximum atomic E-state index is 10.7. The molecule has 0 bridgehead atoms. The Bertz CT molecular complexity index is 289. The molecule has 0 aliphatic rings. The molecule has 0 saturated heterocycles. The zero-order valence-corrected chi connectivity index (χ0v) is 8.10. The van der Waals surface area contributed by atoms with Gasteiger partial charge in [0.05, 0.1) is 5.56 Å². The van der Waals surface area contributed by atoms with Crippen LogP contribution in [0.3, 0.4) is 0 Å². The lowest BCUT2D eigenvalue weighted by molar-refractivity contribution is 0.0695. The minimum atomic E-state index is -0.874. The molecule has 0 aromatic heterocycles. The number of hydrogen-bond acceptors (Lipinski definition) is 2. The van der Waals surface area contributed by atoms with Crippen molar-refractivity contribution < 1.29 is 9.90 Å². The highest BCUT2D eigenvalue weighted by Crippen LogP contribution is 2.07. The van der Waals surface area contributed by atoms with Gasteiger partial charge in [-0.25, -0.2) is 4.79 Å². The Hall–Kier alpha value is -1.06. The van der Waals surface area contributed by atoms with Crippen molar-refractivity contribution in [3.05, 3.63) is 35.4 Å². The Morgan fingerprint density at radius 3 is 2.62 bits per heavy atom. The monoisotopic (exact) mass is 201 g/mol. The van der Waals surface area contributed by atoms with Crippen molar-refractivity contribution in [2.24, 2.45) is 0 Å². The second kappa shape index (κ2) is 5.56. The zero-order valence-electron chi connectivity index (χ0n) is 7.28. The summed E-state index contributed by atoms with van der Waals surface area (Å²) in [6.45, 7) is 0.586. The molecule has 0 heterocycles. The molecule has 0 spiro atoms. The highest BCUT2D eigenvalue weighted by Gasteiger charge is 2.06. The summed E-state index contributed by atoms with van der Waals surface area (Å²) in [6, 6.07) is 6.97. The summed E-state index contributed by atoms with van der Waals surface area (Å²) in [5.74, 6) is -0.874. The number of carboxylic acid groups (broad SMARTS) is 1. The first-order valence-electron chi connectivity index (χ1n) is 3.71. The molecule has 13 heavy (non-hydrogen) atoms. The number of benzene rings is 1. The van der Waals surface area contributed by atoms with Crippen molar-refractivity contribution in [2.75, 3.05) is 7.05 Å². The third kappa shape index (κ3) is 3.05. The molecule has 1 aromatic carbocycles. The third-order valence-corrected chi connectivity index (χ3v) is 1.62. The standard InChI is InChI=1S/C9H11NO2.ClH/c1-10-6-7-4-2-3-5-8(7)9(11)12;/h2-5,10H,6H2,1H3,(H,11,12);1H. The van der Waals surface area contributed by atoms with Crippen LogP contribution < -0.4 is 5.32 Å². The van der Waals surface area contributed by atoms with Crippen LogP contribution in [0, 0.1) is 0 Å². The molecule has 0 atom stereocenters. The van der Waals surface area contributed by atoms with Crippen LogP contribution in [0.15, 0.2) is 24.3 Å². The van der Waals surface area contributed by atoms with Crippen LogP contribution in [0.25, 0.3) is 0 Å². The number of halogens is 1. The van der Waals surface area contributed by atoms with Crippen molar-refractivity contribution in [1.29, 1.82) is 0 Å². The van der Waals surface area contributed by atoms with Gasteiger partial charge in [-0.3, -0.25) is 0 Å². The maximum Gasteiger partial charge on any atom is 0.336 e. The van der Waals surface area contributed by atoms with Crippen LogP contribution in [0.2, 0.25) is 0 Å². The highest BCUT2D eigenvalue weighted by molar-refractivity contribution is 5.89. The zero-order chi connectivity index (χ0) is 8.97. The third-order valence-electron chi connectivity index (χ3n) is 1.62. The van der Waals surface area contributed by atoms with Gasteiger partial charge in [-0.05, 0) is 18.7 Å². The normalized spacial score (nSPS) is 9.00. The molecular formula is C9H12ClNO2. The number of rotatable bonds is 3. The van der Waals surface area contributed by atoms with Crippen LogP contribution >= 0.6 is 12.4 Å². The van der Waals surface area contributed by atoms with Crippen LogP contribution in [0.4, 0.5) is 0 Å². The van der Waals surface area contributed by atoms with Crippen molar-refractivity contribution >= 4 is 18.4 Å². The van der Waals surface area contributed by atoms with E-state index in [-0.39, 0.29) is 12.4 Å². The van der Waals surface area contributed by atoms with Gasteiger partial charge >= 0.3 is 5.97 Å². The van der Waals surface area contributed by atoms with E-state index in [1.807, 2.05) is 6.07 Å². The topological polar surface area (TPSA) is 49.3 Å². The highest BCUT2D eigenvalue weighted by atomic mass is 35.5. The van der Waals surface area contributed by atoms with Crippen molar-refractivity contribution in [1.82, 2.24) is 5.32 Å². The average Bonchev–Trinajstić information content (AvgIpc) is 2.05.